The summed E-state index contributed by atoms with van der Waals surface area (Å²) in [7, 11) is 0. The summed E-state index contributed by atoms with van der Waals surface area (Å²) >= 11 is 1.03. The highest BCUT2D eigenvalue weighted by Gasteiger charge is 2.55. The fraction of sp³-hybridized carbons (Fsp3) is 0.400. The minimum Gasteiger partial charge on any atom is -0.346 e. The Labute approximate surface area is 391 Å². The number of alkyl halides is 2. The van der Waals surface area contributed by atoms with Crippen LogP contribution < -0.4 is 0 Å². The van der Waals surface area contributed by atoms with Gasteiger partial charge in [0.05, 0.1) is 47.1 Å². The molecule has 356 valence electrons. The number of aryl methyl sites for hydroxylation is 2. The van der Waals surface area contributed by atoms with Crippen LogP contribution in [0.25, 0.3) is 22.3 Å². The number of para-hydroxylation sites is 2. The Bertz CT molecular complexity index is 2830. The lowest BCUT2D eigenvalue weighted by molar-refractivity contribution is -0.385. The maximum Gasteiger partial charge on any atom is 0.390 e. The number of allylic oxidation sites excluding steroid dienone is 2. The Morgan fingerprint density at radius 3 is 1.50 bits per heavy atom. The summed E-state index contributed by atoms with van der Waals surface area (Å²) in [5.41, 5.74) is 1.92. The third-order valence-corrected chi connectivity index (χ3v) is 18.9. The fourth-order valence-electron chi connectivity index (χ4n) is 8.31. The number of nitro groups is 2. The van der Waals surface area contributed by atoms with Crippen molar-refractivity contribution in [3.05, 3.63) is 129 Å². The van der Waals surface area contributed by atoms with Crippen molar-refractivity contribution >= 4 is 70.1 Å². The first-order valence-electron chi connectivity index (χ1n) is 21.0. The Hall–Kier alpha value is -5.14. The van der Waals surface area contributed by atoms with Crippen molar-refractivity contribution < 1.29 is 55.3 Å². The molecular formula is C40H38F2N10O12P2S2. The molecule has 0 amide bonds. The molecule has 9 heterocycles. The van der Waals surface area contributed by atoms with Crippen molar-refractivity contribution in [1.82, 2.24) is 39.0 Å². The van der Waals surface area contributed by atoms with E-state index in [1.54, 1.807) is 12.1 Å². The van der Waals surface area contributed by atoms with Gasteiger partial charge in [0.25, 0.3) is 11.4 Å². The number of halogens is 2. The minimum absolute atomic E-state index is 0.135. The third-order valence-electron chi connectivity index (χ3n) is 11.6. The quantitative estimate of drug-likeness (QED) is 0.0600. The number of ether oxygens (including phenoxy) is 2. The summed E-state index contributed by atoms with van der Waals surface area (Å²) in [6.45, 7) is -11.0. The van der Waals surface area contributed by atoms with Crippen molar-refractivity contribution in [2.75, 3.05) is 13.2 Å². The number of rotatable bonds is 8. The molecule has 0 aliphatic carbocycles. The van der Waals surface area contributed by atoms with Crippen LogP contribution in [0.2, 0.25) is 0 Å². The molecule has 0 radical (unpaired) electrons. The minimum atomic E-state index is -4.73. The molecule has 68 heavy (non-hydrogen) atoms. The molecule has 2 aromatic carbocycles. The van der Waals surface area contributed by atoms with Crippen molar-refractivity contribution in [3.8, 4) is 0 Å². The Kier molecular flexibility index (Phi) is 13.2. The van der Waals surface area contributed by atoms with Crippen molar-refractivity contribution in [2.45, 2.75) is 86.4 Å². The molecule has 28 heteroatoms. The van der Waals surface area contributed by atoms with Crippen LogP contribution in [-0.4, -0.2) is 98.9 Å². The van der Waals surface area contributed by atoms with Gasteiger partial charge in [0.15, 0.2) is 36.1 Å². The second-order valence-corrected chi connectivity index (χ2v) is 23.9. The van der Waals surface area contributed by atoms with E-state index >= 15 is 17.9 Å². The van der Waals surface area contributed by atoms with Crippen LogP contribution in [-0.2, 0) is 61.0 Å². The molecule has 5 aliphatic rings. The maximum atomic E-state index is 17.4. The predicted molar refractivity (Wildman–Crippen MR) is 240 cm³/mol. The van der Waals surface area contributed by atoms with Crippen LogP contribution >= 0.6 is 36.4 Å². The van der Waals surface area contributed by atoms with E-state index in [0.29, 0.717) is 70.9 Å². The largest absolute Gasteiger partial charge is 0.390 e. The number of hydrogen-bond acceptors (Lipinski definition) is 20. The van der Waals surface area contributed by atoms with E-state index in [1.807, 2.05) is 12.2 Å². The predicted octanol–water partition coefficient (Wildman–Crippen LogP) is 8.29. The average Bonchev–Trinajstić information content (AvgIpc) is 4.11. The Morgan fingerprint density at radius 1 is 0.647 bits per heavy atom. The maximum absolute atomic E-state index is 17.4. The highest BCUT2D eigenvalue weighted by atomic mass is 32.7. The first-order chi connectivity index (χ1) is 32.9. The van der Waals surface area contributed by atoms with Crippen LogP contribution in [0.15, 0.2) is 86.0 Å². The van der Waals surface area contributed by atoms with Gasteiger partial charge in [-0.2, -0.15) is 0 Å². The van der Waals surface area contributed by atoms with Crippen LogP contribution in [0.3, 0.4) is 0 Å². The molecule has 0 spiro atoms. The van der Waals surface area contributed by atoms with Gasteiger partial charge in [-0.3, -0.25) is 47.5 Å². The number of nitro benzene ring substituents is 2. The van der Waals surface area contributed by atoms with E-state index in [1.165, 1.54) is 70.8 Å². The number of hydrogen-bond donors (Lipinski definition) is 0. The summed E-state index contributed by atoms with van der Waals surface area (Å²) in [6, 6.07) is 11.4. The number of fused-ring (bicyclic) bond motifs is 10. The van der Waals surface area contributed by atoms with E-state index < -0.39 is 85.9 Å². The normalized spacial score (nSPS) is 30.3. The molecule has 3 saturated heterocycles. The van der Waals surface area contributed by atoms with Crippen LogP contribution in [0.4, 0.5) is 20.2 Å². The van der Waals surface area contributed by atoms with Crippen molar-refractivity contribution in [2.24, 2.45) is 0 Å². The smallest absolute Gasteiger partial charge is 0.346 e. The van der Waals surface area contributed by atoms with Crippen LogP contribution in [0.5, 0.6) is 0 Å². The highest BCUT2D eigenvalue weighted by molar-refractivity contribution is 8.55. The third kappa shape index (κ3) is 9.21. The van der Waals surface area contributed by atoms with Crippen molar-refractivity contribution in [3.63, 3.8) is 0 Å². The summed E-state index contributed by atoms with van der Waals surface area (Å²) < 4.78 is 105. The molecular weight excluding hydrogens is 977 g/mol. The average molecular weight is 1010 g/mol. The summed E-state index contributed by atoms with van der Waals surface area (Å²) in [6.07, 6.45) is -3.07. The number of nitrogens with zero attached hydrogens (tertiary/aromatic N) is 10. The second-order valence-electron chi connectivity index (χ2n) is 15.8. The first-order valence-corrected chi connectivity index (χ1v) is 27.3. The molecule has 1 unspecified atom stereocenters. The molecule has 0 saturated carbocycles. The van der Waals surface area contributed by atoms with Gasteiger partial charge in [0, 0.05) is 34.8 Å². The van der Waals surface area contributed by atoms with Gasteiger partial charge in [0.2, 0.25) is 0 Å². The summed E-state index contributed by atoms with van der Waals surface area (Å²) in [4.78, 5) is 49.4. The van der Waals surface area contributed by atoms with Gasteiger partial charge in [0.1, 0.15) is 48.1 Å². The molecule has 14 bridgehead atoms. The molecule has 6 aromatic rings. The van der Waals surface area contributed by atoms with Gasteiger partial charge in [-0.25, -0.2) is 47.8 Å². The van der Waals surface area contributed by atoms with Gasteiger partial charge >= 0.3 is 13.6 Å². The number of aromatic nitrogens is 8. The number of imidazole rings is 2. The SMILES string of the molecule is O=[N+]([O-])c1ccccc1CS[P@]1(=O)OC[C@H]2O[C@@H]3[C@H](F)[C@@H]2O[P@](=O)(SCc2ccccc2[N+](=O)[O-])OC[C@H]2OC([C@H](F)[C@@H]2O1)n1cnc2c(ncnc21)CC/C=C/CCc1ncnc2c1ncn23. The molecule has 3 fully saturated rings. The molecule has 10 atom stereocenters. The van der Waals surface area contributed by atoms with Crippen molar-refractivity contribution in [1.29, 1.82) is 0 Å². The summed E-state index contributed by atoms with van der Waals surface area (Å²) in [5, 5.41) is 24.0. The zero-order valence-corrected chi connectivity index (χ0v) is 38.6. The van der Waals surface area contributed by atoms with Gasteiger partial charge in [-0.1, -0.05) is 48.6 Å². The monoisotopic (exact) mass is 1010 g/mol. The molecule has 5 aliphatic heterocycles. The van der Waals surface area contributed by atoms with Gasteiger partial charge < -0.3 is 9.47 Å². The second kappa shape index (κ2) is 19.3. The summed E-state index contributed by atoms with van der Waals surface area (Å²) in [5.74, 6) is -0.657. The Balaban J connectivity index is 1.09. The number of benzene rings is 2. The lowest BCUT2D eigenvalue weighted by Gasteiger charge is -2.30. The lowest BCUT2D eigenvalue weighted by Crippen LogP contribution is -2.37. The fourth-order valence-corrected chi connectivity index (χ4v) is 15.1. The molecule has 0 N–H and O–H groups in total. The Morgan fingerprint density at radius 2 is 1.07 bits per heavy atom. The van der Waals surface area contributed by atoms with E-state index in [-0.39, 0.29) is 45.3 Å². The van der Waals surface area contributed by atoms with E-state index in [0.717, 1.165) is 0 Å². The van der Waals surface area contributed by atoms with E-state index in [2.05, 4.69) is 29.9 Å². The molecule has 22 nitrogen and oxygen atoms in total. The first kappa shape index (κ1) is 46.6. The van der Waals surface area contributed by atoms with Gasteiger partial charge in [-0.05, 0) is 48.4 Å². The molecule has 4 aromatic heterocycles. The standard InChI is InChI=1S/C40H38F2N10O12P2S2/c41-31-35-29-15-59-66(58,68-18-24-10-6-8-14-28(24)52(55)56)64-36-30(16-60-65(57,63-35)67-17-23-9-5-7-13-27(23)51(53)54)62-40(32(36)42)50-22-48-34-26(44-20-46-38(34)50)12-4-2-1-3-11-25-33-37(45-19-43-25)49(21-47-33)39(31)61-29/h1-2,5-10,13-14,19-22,29-32,35-36,39-40H,3-4,11-12,15-18H2/b2-1+/t29-,30-,31-,32-,35-,36-,39-,40?,65-,66-/m1/s1. The van der Waals surface area contributed by atoms with Gasteiger partial charge in [-0.15, -0.1) is 0 Å². The highest BCUT2D eigenvalue weighted by Crippen LogP contribution is 2.67. The zero-order chi connectivity index (χ0) is 47.2. The topological polar surface area (TPSA) is 263 Å². The van der Waals surface area contributed by atoms with Crippen LogP contribution in [0, 0.1) is 20.2 Å². The van der Waals surface area contributed by atoms with Crippen LogP contribution in [0.1, 0.15) is 47.8 Å². The lowest BCUT2D eigenvalue weighted by atomic mass is 10.1. The van der Waals surface area contributed by atoms with E-state index in [9.17, 15) is 20.2 Å². The van der Waals surface area contributed by atoms with E-state index in [4.69, 9.17) is 27.6 Å². The molecule has 11 rings (SSSR count). The zero-order valence-electron chi connectivity index (χ0n) is 35.2.